The highest BCUT2D eigenvalue weighted by atomic mass is 16.5. The molecule has 0 aliphatic rings. The van der Waals surface area contributed by atoms with Crippen molar-refractivity contribution in [3.05, 3.63) is 65.7 Å². The van der Waals surface area contributed by atoms with Crippen LogP contribution in [0.4, 0.5) is 5.69 Å². The number of esters is 1. The molecule has 6 heteroatoms. The minimum atomic E-state index is -0.669. The number of anilines is 1. The highest BCUT2D eigenvalue weighted by Crippen LogP contribution is 2.19. The van der Waals surface area contributed by atoms with Crippen molar-refractivity contribution in [1.29, 1.82) is 0 Å². The largest absolute Gasteiger partial charge is 0.497 e. The van der Waals surface area contributed by atoms with Crippen LogP contribution in [0.3, 0.4) is 0 Å². The molecule has 0 spiro atoms. The summed E-state index contributed by atoms with van der Waals surface area (Å²) in [6.07, 6.45) is 3.02. The van der Waals surface area contributed by atoms with Gasteiger partial charge < -0.3 is 14.8 Å². The molecule has 0 aliphatic heterocycles. The van der Waals surface area contributed by atoms with Gasteiger partial charge in [-0.1, -0.05) is 45.0 Å². The number of amides is 1. The summed E-state index contributed by atoms with van der Waals surface area (Å²) in [5, 5.41) is 2.67. The van der Waals surface area contributed by atoms with Crippen molar-refractivity contribution in [2.45, 2.75) is 20.8 Å². The normalized spacial score (nSPS) is 11.2. The summed E-state index contributed by atoms with van der Waals surface area (Å²) < 4.78 is 10.2. The summed E-state index contributed by atoms with van der Waals surface area (Å²) in [5.74, 6) is -0.525. The SMILES string of the molecule is COc1ccc(C=CC(=O)Nc2ccccc2C(=O)OCC(=O)C(C)(C)C)cc1. The van der Waals surface area contributed by atoms with Gasteiger partial charge in [-0.25, -0.2) is 4.79 Å². The van der Waals surface area contributed by atoms with E-state index in [9.17, 15) is 14.4 Å². The van der Waals surface area contributed by atoms with Gasteiger partial charge >= 0.3 is 5.97 Å². The lowest BCUT2D eigenvalue weighted by atomic mass is 9.91. The predicted molar refractivity (Wildman–Crippen MR) is 112 cm³/mol. The molecule has 0 radical (unpaired) electrons. The maximum absolute atomic E-state index is 12.4. The van der Waals surface area contributed by atoms with E-state index in [1.165, 1.54) is 12.1 Å². The number of methoxy groups -OCH3 is 1. The highest BCUT2D eigenvalue weighted by Gasteiger charge is 2.23. The van der Waals surface area contributed by atoms with Crippen LogP contribution in [0.25, 0.3) is 6.08 Å². The first kappa shape index (κ1) is 21.9. The number of ether oxygens (including phenoxy) is 2. The molecule has 1 amide bonds. The third-order valence-corrected chi connectivity index (χ3v) is 4.12. The minimum absolute atomic E-state index is 0.181. The van der Waals surface area contributed by atoms with Crippen LogP contribution in [0.2, 0.25) is 0 Å². The third kappa shape index (κ3) is 6.60. The molecule has 0 heterocycles. The molecule has 0 atom stereocenters. The van der Waals surface area contributed by atoms with Gasteiger partial charge in [0.2, 0.25) is 5.91 Å². The lowest BCUT2D eigenvalue weighted by molar-refractivity contribution is -0.129. The number of carbonyl (C=O) groups is 3. The van der Waals surface area contributed by atoms with Gasteiger partial charge in [-0.15, -0.1) is 0 Å². The van der Waals surface area contributed by atoms with Crippen molar-refractivity contribution >= 4 is 29.4 Å². The lowest BCUT2D eigenvalue weighted by Crippen LogP contribution is -2.26. The van der Waals surface area contributed by atoms with Crippen molar-refractivity contribution in [3.8, 4) is 5.75 Å². The van der Waals surface area contributed by atoms with E-state index < -0.39 is 17.3 Å². The number of ketones is 1. The lowest BCUT2D eigenvalue weighted by Gasteiger charge is -2.16. The molecule has 0 saturated carbocycles. The van der Waals surface area contributed by atoms with Gasteiger partial charge in [-0.05, 0) is 35.9 Å². The molecule has 0 bridgehead atoms. The second-order valence-electron chi connectivity index (χ2n) is 7.39. The minimum Gasteiger partial charge on any atom is -0.497 e. The van der Waals surface area contributed by atoms with E-state index in [-0.39, 0.29) is 18.0 Å². The number of benzene rings is 2. The summed E-state index contributed by atoms with van der Waals surface area (Å²) in [6, 6.07) is 13.7. The fraction of sp³-hybridized carbons (Fsp3) is 0.261. The molecule has 0 aromatic heterocycles. The van der Waals surface area contributed by atoms with Crippen LogP contribution in [-0.4, -0.2) is 31.4 Å². The van der Waals surface area contributed by atoms with Crippen LogP contribution < -0.4 is 10.1 Å². The molecule has 2 aromatic rings. The van der Waals surface area contributed by atoms with Gasteiger partial charge in [0.05, 0.1) is 18.4 Å². The zero-order valence-electron chi connectivity index (χ0n) is 17.0. The molecule has 0 unspecified atom stereocenters. The molecular weight excluding hydrogens is 370 g/mol. The molecule has 0 saturated heterocycles. The Labute approximate surface area is 170 Å². The number of nitrogens with one attached hydrogen (secondary N) is 1. The van der Waals surface area contributed by atoms with Gasteiger partial charge in [0.1, 0.15) is 5.75 Å². The van der Waals surface area contributed by atoms with Gasteiger partial charge in [0.25, 0.3) is 0 Å². The Balaban J connectivity index is 2.03. The quantitative estimate of drug-likeness (QED) is 0.563. The summed E-state index contributed by atoms with van der Waals surface area (Å²) >= 11 is 0. The topological polar surface area (TPSA) is 81.7 Å². The van der Waals surface area contributed by atoms with Crippen LogP contribution in [-0.2, 0) is 14.3 Å². The monoisotopic (exact) mass is 395 g/mol. The maximum Gasteiger partial charge on any atom is 0.340 e. The molecule has 2 aromatic carbocycles. The Morgan fingerprint density at radius 3 is 2.28 bits per heavy atom. The van der Waals surface area contributed by atoms with Crippen LogP contribution in [0.15, 0.2) is 54.6 Å². The van der Waals surface area contributed by atoms with Crippen molar-refractivity contribution in [1.82, 2.24) is 0 Å². The van der Waals surface area contributed by atoms with E-state index in [0.717, 1.165) is 11.3 Å². The average molecular weight is 395 g/mol. The van der Waals surface area contributed by atoms with E-state index in [1.54, 1.807) is 64.3 Å². The molecule has 0 fully saturated rings. The maximum atomic E-state index is 12.4. The van der Waals surface area contributed by atoms with Crippen molar-refractivity contribution in [3.63, 3.8) is 0 Å². The number of hydrogen-bond donors (Lipinski definition) is 1. The number of carbonyl (C=O) groups excluding carboxylic acids is 3. The summed E-state index contributed by atoms with van der Waals surface area (Å²) in [4.78, 5) is 36.6. The molecule has 152 valence electrons. The molecule has 1 N–H and O–H groups in total. The summed E-state index contributed by atoms with van der Waals surface area (Å²) in [6.45, 7) is 4.95. The van der Waals surface area contributed by atoms with Crippen molar-refractivity contribution in [2.75, 3.05) is 19.0 Å². The van der Waals surface area contributed by atoms with Gasteiger partial charge in [-0.3, -0.25) is 9.59 Å². The molecule has 2 rings (SSSR count). The van der Waals surface area contributed by atoms with E-state index in [0.29, 0.717) is 5.69 Å². The Bertz CT molecular complexity index is 908. The second kappa shape index (κ2) is 9.68. The number of Topliss-reactive ketones (excluding diaryl/α,β-unsaturated/α-hetero) is 1. The van der Waals surface area contributed by atoms with Crippen LogP contribution in [0.1, 0.15) is 36.7 Å². The average Bonchev–Trinajstić information content (AvgIpc) is 2.70. The van der Waals surface area contributed by atoms with Crippen molar-refractivity contribution in [2.24, 2.45) is 5.41 Å². The zero-order chi connectivity index (χ0) is 21.4. The molecule has 29 heavy (non-hydrogen) atoms. The first-order chi connectivity index (χ1) is 13.7. The Morgan fingerprint density at radius 2 is 1.66 bits per heavy atom. The number of para-hydroxylation sites is 1. The predicted octanol–water partition coefficient (Wildman–Crippen LogP) is 4.12. The standard InChI is InChI=1S/C23H25NO5/c1-23(2,3)20(25)15-29-22(27)18-7-5-6-8-19(18)24-21(26)14-11-16-9-12-17(28-4)13-10-16/h5-14H,15H2,1-4H3,(H,24,26). The molecule has 6 nitrogen and oxygen atoms in total. The summed E-state index contributed by atoms with van der Waals surface area (Å²) in [7, 11) is 1.58. The van der Waals surface area contributed by atoms with Gasteiger partial charge in [-0.2, -0.15) is 0 Å². The fourth-order valence-corrected chi connectivity index (χ4v) is 2.26. The highest BCUT2D eigenvalue weighted by molar-refractivity contribution is 6.06. The van der Waals surface area contributed by atoms with E-state index in [4.69, 9.17) is 9.47 Å². The summed E-state index contributed by atoms with van der Waals surface area (Å²) in [5.41, 5.74) is 0.722. The first-order valence-corrected chi connectivity index (χ1v) is 9.13. The van der Waals surface area contributed by atoms with Gasteiger partial charge in [0, 0.05) is 11.5 Å². The van der Waals surface area contributed by atoms with E-state index in [1.807, 2.05) is 12.1 Å². The number of rotatable bonds is 7. The van der Waals surface area contributed by atoms with Crippen LogP contribution in [0.5, 0.6) is 5.75 Å². The molecule has 0 aliphatic carbocycles. The first-order valence-electron chi connectivity index (χ1n) is 9.13. The second-order valence-corrected chi connectivity index (χ2v) is 7.39. The third-order valence-electron chi connectivity index (χ3n) is 4.12. The Kier molecular flexibility index (Phi) is 7.31. The zero-order valence-corrected chi connectivity index (χ0v) is 17.0. The van der Waals surface area contributed by atoms with Crippen LogP contribution in [0, 0.1) is 5.41 Å². The van der Waals surface area contributed by atoms with E-state index >= 15 is 0 Å². The Hall–Kier alpha value is -3.41. The van der Waals surface area contributed by atoms with Gasteiger partial charge in [0.15, 0.2) is 12.4 Å². The Morgan fingerprint density at radius 1 is 1.00 bits per heavy atom. The van der Waals surface area contributed by atoms with Crippen LogP contribution >= 0.6 is 0 Å². The van der Waals surface area contributed by atoms with Crippen molar-refractivity contribution < 1.29 is 23.9 Å². The number of hydrogen-bond acceptors (Lipinski definition) is 5. The fourth-order valence-electron chi connectivity index (χ4n) is 2.26. The molecular formula is C23H25NO5. The van der Waals surface area contributed by atoms with E-state index in [2.05, 4.69) is 5.32 Å². The smallest absolute Gasteiger partial charge is 0.340 e.